The highest BCUT2D eigenvalue weighted by Gasteiger charge is 2.29. The molecule has 96 valence electrons. The van der Waals surface area contributed by atoms with E-state index < -0.39 is 0 Å². The van der Waals surface area contributed by atoms with Crippen LogP contribution in [-0.4, -0.2) is 16.6 Å². The van der Waals surface area contributed by atoms with Crippen LogP contribution in [0.1, 0.15) is 10.4 Å². The molecule has 3 rings (SSSR count). The zero-order valence-electron chi connectivity index (χ0n) is 10.1. The van der Waals surface area contributed by atoms with Gasteiger partial charge >= 0.3 is 0 Å². The average molecular weight is 334 g/mol. The van der Waals surface area contributed by atoms with E-state index in [4.69, 9.17) is 0 Å². The Bertz CT molecular complexity index is 602. The van der Waals surface area contributed by atoms with Crippen molar-refractivity contribution in [1.82, 2.24) is 0 Å². The van der Waals surface area contributed by atoms with Gasteiger partial charge in [-0.1, -0.05) is 70.2 Å². The summed E-state index contributed by atoms with van der Waals surface area (Å²) in [4.78, 5) is 15.6. The van der Waals surface area contributed by atoms with Crippen molar-refractivity contribution in [3.63, 3.8) is 0 Å². The van der Waals surface area contributed by atoms with E-state index in [1.165, 1.54) is 4.90 Å². The number of carbonyl (C=O) groups excluding carboxylic acids is 1. The molecule has 0 fully saturated rings. The number of rotatable bonds is 3. The predicted octanol–water partition coefficient (Wildman–Crippen LogP) is 4.16. The van der Waals surface area contributed by atoms with Crippen molar-refractivity contribution in [2.24, 2.45) is 0 Å². The van der Waals surface area contributed by atoms with E-state index >= 15 is 0 Å². The molecule has 2 nitrogen and oxygen atoms in total. The largest absolute Gasteiger partial charge is 0.341 e. The summed E-state index contributed by atoms with van der Waals surface area (Å²) in [7, 11) is 0. The summed E-state index contributed by atoms with van der Waals surface area (Å²) in [5, 5.41) is 0. The minimum absolute atomic E-state index is 0.123. The molecule has 0 aromatic heterocycles. The van der Waals surface area contributed by atoms with Crippen molar-refractivity contribution < 1.29 is 4.79 Å². The van der Waals surface area contributed by atoms with Gasteiger partial charge in [0.05, 0.1) is 12.2 Å². The number of thioether (sulfide) groups is 1. The van der Waals surface area contributed by atoms with Crippen LogP contribution in [0.25, 0.3) is 0 Å². The first-order chi connectivity index (χ1) is 9.25. The number of benzene rings is 2. The maximum Gasteiger partial charge on any atom is 0.182 e. The fourth-order valence-electron chi connectivity index (χ4n) is 2.10. The van der Waals surface area contributed by atoms with Crippen LogP contribution in [0.3, 0.4) is 0 Å². The van der Waals surface area contributed by atoms with Gasteiger partial charge in [0.25, 0.3) is 0 Å². The Morgan fingerprint density at radius 3 is 2.58 bits per heavy atom. The van der Waals surface area contributed by atoms with Crippen molar-refractivity contribution >= 4 is 39.2 Å². The lowest BCUT2D eigenvalue weighted by molar-refractivity contribution is 0.1000. The molecule has 1 aliphatic heterocycles. The molecule has 1 heterocycles. The number of anilines is 1. The van der Waals surface area contributed by atoms with Crippen molar-refractivity contribution in [3.8, 4) is 0 Å². The second-order valence-electron chi connectivity index (χ2n) is 4.29. The quantitative estimate of drug-likeness (QED) is 0.478. The topological polar surface area (TPSA) is 20.3 Å². The van der Waals surface area contributed by atoms with Crippen LogP contribution in [0.15, 0.2) is 59.5 Å². The number of carbonyl (C=O) groups is 1. The van der Waals surface area contributed by atoms with E-state index in [-0.39, 0.29) is 10.1 Å². The fourth-order valence-corrected chi connectivity index (χ4v) is 4.06. The minimum atomic E-state index is 0.123. The van der Waals surface area contributed by atoms with E-state index in [2.05, 4.69) is 33.0 Å². The maximum atomic E-state index is 12.3. The van der Waals surface area contributed by atoms with Crippen molar-refractivity contribution in [1.29, 1.82) is 0 Å². The van der Waals surface area contributed by atoms with Crippen LogP contribution in [0.4, 0.5) is 5.69 Å². The molecule has 0 radical (unpaired) electrons. The molecular weight excluding hydrogens is 322 g/mol. The molecule has 1 atom stereocenters. The van der Waals surface area contributed by atoms with Gasteiger partial charge in [0.15, 0.2) is 5.78 Å². The van der Waals surface area contributed by atoms with Gasteiger partial charge in [-0.25, -0.2) is 0 Å². The van der Waals surface area contributed by atoms with E-state index in [0.717, 1.165) is 11.3 Å². The van der Waals surface area contributed by atoms with E-state index in [1.54, 1.807) is 11.8 Å². The smallest absolute Gasteiger partial charge is 0.182 e. The van der Waals surface area contributed by atoms with Gasteiger partial charge in [0, 0.05) is 10.5 Å². The number of para-hydroxylation sites is 1. The number of halogens is 1. The van der Waals surface area contributed by atoms with Gasteiger partial charge in [0.1, 0.15) is 4.28 Å². The lowest BCUT2D eigenvalue weighted by atomic mass is 10.1. The van der Waals surface area contributed by atoms with E-state index in [9.17, 15) is 4.79 Å². The summed E-state index contributed by atoms with van der Waals surface area (Å²) in [5.41, 5.74) is 1.88. The molecular formula is C15H12BrNOS. The second kappa shape index (κ2) is 5.39. The number of nitrogens with zero attached hydrogens (tertiary/aromatic N) is 1. The molecule has 1 aliphatic rings. The Hall–Kier alpha value is -1.26. The molecule has 0 N–H and O–H groups in total. The van der Waals surface area contributed by atoms with Gasteiger partial charge in [-0.2, -0.15) is 0 Å². The zero-order valence-corrected chi connectivity index (χ0v) is 12.5. The number of alkyl halides is 1. The first kappa shape index (κ1) is 12.8. The molecule has 0 bridgehead atoms. The predicted molar refractivity (Wildman–Crippen MR) is 83.1 cm³/mol. The molecule has 2 aromatic carbocycles. The minimum Gasteiger partial charge on any atom is -0.341 e. The summed E-state index contributed by atoms with van der Waals surface area (Å²) in [6, 6.07) is 17.6. The highest BCUT2D eigenvalue weighted by atomic mass is 79.9. The monoisotopic (exact) mass is 333 g/mol. The molecule has 0 saturated carbocycles. The summed E-state index contributed by atoms with van der Waals surface area (Å²) in [6.07, 6.45) is 0. The van der Waals surface area contributed by atoms with E-state index in [0.29, 0.717) is 6.54 Å². The summed E-state index contributed by atoms with van der Waals surface area (Å²) in [5.74, 6) is 0.141. The maximum absolute atomic E-state index is 12.3. The number of hydrogen-bond donors (Lipinski definition) is 0. The summed E-state index contributed by atoms with van der Waals surface area (Å²) in [6.45, 7) is 0.393. The molecule has 0 spiro atoms. The van der Waals surface area contributed by atoms with Crippen molar-refractivity contribution in [2.45, 2.75) is 9.18 Å². The first-order valence-corrected chi connectivity index (χ1v) is 7.80. The number of ketones is 1. The molecule has 1 unspecified atom stereocenters. The first-order valence-electron chi connectivity index (χ1n) is 6.00. The highest BCUT2D eigenvalue weighted by Crippen LogP contribution is 2.45. The molecule has 2 aromatic rings. The van der Waals surface area contributed by atoms with Gasteiger partial charge in [-0.3, -0.25) is 4.79 Å². The number of fused-ring (bicyclic) bond motifs is 1. The lowest BCUT2D eigenvalue weighted by Crippen LogP contribution is -2.31. The molecule has 0 saturated heterocycles. The van der Waals surface area contributed by atoms with E-state index in [1.807, 2.05) is 42.5 Å². The van der Waals surface area contributed by atoms with Crippen LogP contribution in [0, 0.1) is 0 Å². The SMILES string of the molecule is O=C(CN1c2ccccc2SC1Br)c1ccccc1. The standard InChI is InChI=1S/C15H12BrNOS/c16-15-17(12-8-4-5-9-14(12)19-15)10-13(18)11-6-2-1-3-7-11/h1-9,15H,10H2. The van der Waals surface area contributed by atoms with Crippen LogP contribution < -0.4 is 4.90 Å². The summed E-state index contributed by atoms with van der Waals surface area (Å²) >= 11 is 5.35. The molecule has 4 heteroatoms. The molecule has 19 heavy (non-hydrogen) atoms. The highest BCUT2D eigenvalue weighted by molar-refractivity contribution is 9.11. The van der Waals surface area contributed by atoms with Crippen LogP contribution >= 0.6 is 27.7 Å². The normalized spacial score (nSPS) is 17.3. The second-order valence-corrected chi connectivity index (χ2v) is 6.89. The van der Waals surface area contributed by atoms with Gasteiger partial charge in [0.2, 0.25) is 0 Å². The Morgan fingerprint density at radius 1 is 1.11 bits per heavy atom. The Morgan fingerprint density at radius 2 is 1.79 bits per heavy atom. The third-order valence-electron chi connectivity index (χ3n) is 3.05. The molecule has 0 aliphatic carbocycles. The zero-order chi connectivity index (χ0) is 13.2. The third-order valence-corrected chi connectivity index (χ3v) is 5.16. The lowest BCUT2D eigenvalue weighted by Gasteiger charge is -2.21. The third kappa shape index (κ3) is 2.55. The van der Waals surface area contributed by atoms with Gasteiger partial charge < -0.3 is 4.90 Å². The van der Waals surface area contributed by atoms with Gasteiger partial charge in [-0.15, -0.1) is 0 Å². The Labute approximate surface area is 124 Å². The van der Waals surface area contributed by atoms with Gasteiger partial charge in [-0.05, 0) is 12.1 Å². The van der Waals surface area contributed by atoms with Crippen molar-refractivity contribution in [3.05, 3.63) is 60.2 Å². The Kier molecular flexibility index (Phi) is 3.62. The average Bonchev–Trinajstić information content (AvgIpc) is 2.76. The van der Waals surface area contributed by atoms with Crippen LogP contribution in [0.2, 0.25) is 0 Å². The fraction of sp³-hybridized carbons (Fsp3) is 0.133. The number of hydrogen-bond acceptors (Lipinski definition) is 3. The Balaban J connectivity index is 1.82. The molecule has 0 amide bonds. The van der Waals surface area contributed by atoms with Crippen LogP contribution in [0.5, 0.6) is 0 Å². The van der Waals surface area contributed by atoms with Crippen LogP contribution in [-0.2, 0) is 0 Å². The summed E-state index contributed by atoms with van der Waals surface area (Å²) < 4.78 is 0.123. The van der Waals surface area contributed by atoms with Crippen molar-refractivity contribution in [2.75, 3.05) is 11.4 Å². The number of Topliss-reactive ketones (excluding diaryl/α,β-unsaturated/α-hetero) is 1.